The minimum Gasteiger partial charge on any atom is -0.476 e. The molecule has 1 aliphatic carbocycles. The highest BCUT2D eigenvalue weighted by molar-refractivity contribution is 7.99. The number of amides is 1. The van der Waals surface area contributed by atoms with Crippen LogP contribution in [-0.2, 0) is 14.8 Å². The van der Waals surface area contributed by atoms with E-state index in [2.05, 4.69) is 5.32 Å². The van der Waals surface area contributed by atoms with E-state index in [1.54, 1.807) is 12.1 Å². The van der Waals surface area contributed by atoms with Crippen LogP contribution in [0.4, 0.5) is 5.69 Å². The molecule has 26 heavy (non-hydrogen) atoms. The molecule has 0 saturated heterocycles. The molecule has 1 aromatic carbocycles. The van der Waals surface area contributed by atoms with Gasteiger partial charge in [0.25, 0.3) is 5.91 Å². The van der Waals surface area contributed by atoms with Crippen LogP contribution < -0.4 is 14.4 Å². The van der Waals surface area contributed by atoms with E-state index in [1.165, 1.54) is 36.1 Å². The molecule has 1 aliphatic heterocycles. The van der Waals surface area contributed by atoms with Crippen molar-refractivity contribution < 1.29 is 17.9 Å². The molecule has 3 rings (SSSR count). The average Bonchev–Trinajstić information content (AvgIpc) is 3.10. The van der Waals surface area contributed by atoms with Gasteiger partial charge in [-0.2, -0.15) is 11.8 Å². The molecular weight excluding hydrogens is 396 g/mol. The van der Waals surface area contributed by atoms with Crippen LogP contribution in [0, 0.1) is 0 Å². The molecule has 1 fully saturated rings. The van der Waals surface area contributed by atoms with E-state index in [9.17, 15) is 13.2 Å². The maximum Gasteiger partial charge on any atom is 0.263 e. The lowest BCUT2D eigenvalue weighted by molar-refractivity contribution is -0.127. The van der Waals surface area contributed by atoms with Crippen LogP contribution in [0.2, 0.25) is 5.02 Å². The number of hydrogen-bond donors (Lipinski definition) is 1. The molecule has 2 aliphatic rings. The molecule has 6 nitrogen and oxygen atoms in total. The summed E-state index contributed by atoms with van der Waals surface area (Å²) in [4.78, 5) is 12.5. The molecule has 0 aromatic heterocycles. The van der Waals surface area contributed by atoms with Crippen molar-refractivity contribution in [3.05, 3.63) is 23.2 Å². The second kappa shape index (κ2) is 8.27. The average molecular weight is 419 g/mol. The molecule has 1 N–H and O–H groups in total. The van der Waals surface area contributed by atoms with Crippen molar-refractivity contribution in [2.75, 3.05) is 29.4 Å². The normalized spacial score (nSPS) is 20.5. The third-order valence-electron chi connectivity index (χ3n) is 4.54. The van der Waals surface area contributed by atoms with Gasteiger partial charge in [-0.25, -0.2) is 8.42 Å². The molecular formula is C17H23ClN2O4S2. The van der Waals surface area contributed by atoms with Gasteiger partial charge in [-0.05, 0) is 31.0 Å². The van der Waals surface area contributed by atoms with Crippen LogP contribution in [0.25, 0.3) is 0 Å². The van der Waals surface area contributed by atoms with Crippen LogP contribution in [-0.4, -0.2) is 50.8 Å². The number of carbonyl (C=O) groups is 1. The molecule has 0 bridgehead atoms. The summed E-state index contributed by atoms with van der Waals surface area (Å²) in [5.41, 5.74) is 0.362. The highest BCUT2D eigenvalue weighted by atomic mass is 35.5. The SMILES string of the molecule is CS(=O)(=O)N1C[C@H](C(=O)NCCSC2CCCC2)Oc2ccc(Cl)cc21. The van der Waals surface area contributed by atoms with Crippen molar-refractivity contribution in [1.29, 1.82) is 0 Å². The van der Waals surface area contributed by atoms with Crippen molar-refractivity contribution in [3.8, 4) is 5.75 Å². The number of nitrogens with one attached hydrogen (secondary N) is 1. The fourth-order valence-electron chi connectivity index (χ4n) is 3.24. The van der Waals surface area contributed by atoms with E-state index in [0.29, 0.717) is 28.3 Å². The van der Waals surface area contributed by atoms with E-state index in [1.807, 2.05) is 11.8 Å². The van der Waals surface area contributed by atoms with Gasteiger partial charge in [-0.15, -0.1) is 0 Å². The number of fused-ring (bicyclic) bond motifs is 1. The summed E-state index contributed by atoms with van der Waals surface area (Å²) in [5.74, 6) is 0.892. The Morgan fingerprint density at radius 2 is 2.12 bits per heavy atom. The lowest BCUT2D eigenvalue weighted by atomic mass is 10.2. The Kier molecular flexibility index (Phi) is 6.25. The van der Waals surface area contributed by atoms with Gasteiger partial charge >= 0.3 is 0 Å². The summed E-state index contributed by atoms with van der Waals surface area (Å²) in [6.45, 7) is 0.486. The monoisotopic (exact) mass is 418 g/mol. The zero-order chi connectivity index (χ0) is 18.7. The lowest BCUT2D eigenvalue weighted by Gasteiger charge is -2.34. The second-order valence-electron chi connectivity index (χ2n) is 6.58. The smallest absolute Gasteiger partial charge is 0.263 e. The number of rotatable bonds is 6. The molecule has 1 saturated carbocycles. The van der Waals surface area contributed by atoms with Gasteiger partial charge in [0.15, 0.2) is 6.10 Å². The number of ether oxygens (including phenoxy) is 1. The summed E-state index contributed by atoms with van der Waals surface area (Å²) < 4.78 is 31.2. The molecule has 1 aromatic rings. The predicted octanol–water partition coefficient (Wildman–Crippen LogP) is 2.66. The Morgan fingerprint density at radius 3 is 2.81 bits per heavy atom. The van der Waals surface area contributed by atoms with E-state index < -0.39 is 16.1 Å². The fraction of sp³-hybridized carbons (Fsp3) is 0.588. The van der Waals surface area contributed by atoms with Crippen molar-refractivity contribution in [2.45, 2.75) is 37.0 Å². The van der Waals surface area contributed by atoms with Crippen LogP contribution in [0.5, 0.6) is 5.75 Å². The summed E-state index contributed by atoms with van der Waals surface area (Å²) in [5, 5.41) is 3.97. The van der Waals surface area contributed by atoms with Gasteiger partial charge in [-0.3, -0.25) is 9.10 Å². The fourth-order valence-corrected chi connectivity index (χ4v) is 5.54. The number of nitrogens with zero attached hydrogens (tertiary/aromatic N) is 1. The zero-order valence-electron chi connectivity index (χ0n) is 14.6. The maximum atomic E-state index is 12.5. The number of benzene rings is 1. The Bertz CT molecular complexity index is 766. The molecule has 0 unspecified atom stereocenters. The Hall–Kier alpha value is -1.12. The van der Waals surface area contributed by atoms with Gasteiger partial charge in [0.2, 0.25) is 10.0 Å². The minimum absolute atomic E-state index is 0.0617. The third-order valence-corrected chi connectivity index (χ3v) is 7.30. The summed E-state index contributed by atoms with van der Waals surface area (Å²) in [6, 6.07) is 4.73. The largest absolute Gasteiger partial charge is 0.476 e. The van der Waals surface area contributed by atoms with Gasteiger partial charge in [-0.1, -0.05) is 24.4 Å². The standard InChI is InChI=1S/C17H23ClN2O4S2/c1-26(22,23)20-11-16(24-15-7-6-12(18)10-14(15)20)17(21)19-8-9-25-13-4-2-3-5-13/h6-7,10,13,16H,2-5,8-9,11H2,1H3,(H,19,21)/t16-/m1/s1. The number of halogens is 1. The number of thioether (sulfide) groups is 1. The van der Waals surface area contributed by atoms with Gasteiger partial charge < -0.3 is 10.1 Å². The van der Waals surface area contributed by atoms with E-state index >= 15 is 0 Å². The van der Waals surface area contributed by atoms with Gasteiger partial charge in [0, 0.05) is 22.6 Å². The number of hydrogen-bond acceptors (Lipinski definition) is 5. The first-order valence-corrected chi connectivity index (χ1v) is 12.0. The highest BCUT2D eigenvalue weighted by Crippen LogP contribution is 2.37. The first-order chi connectivity index (χ1) is 12.3. The van der Waals surface area contributed by atoms with E-state index in [4.69, 9.17) is 16.3 Å². The molecule has 144 valence electrons. The molecule has 1 amide bonds. The molecule has 1 atom stereocenters. The van der Waals surface area contributed by atoms with Crippen molar-refractivity contribution in [2.24, 2.45) is 0 Å². The molecule has 1 heterocycles. The van der Waals surface area contributed by atoms with E-state index in [-0.39, 0.29) is 12.5 Å². The van der Waals surface area contributed by atoms with Crippen molar-refractivity contribution >= 4 is 45.0 Å². The Balaban J connectivity index is 1.61. The summed E-state index contributed by atoms with van der Waals surface area (Å²) in [6.07, 6.45) is 5.33. The van der Waals surface area contributed by atoms with Crippen LogP contribution in [0.15, 0.2) is 18.2 Å². The highest BCUT2D eigenvalue weighted by Gasteiger charge is 2.35. The van der Waals surface area contributed by atoms with Crippen molar-refractivity contribution in [1.82, 2.24) is 5.32 Å². The first kappa shape index (κ1) is 19.6. The Labute approximate surface area is 163 Å². The predicted molar refractivity (Wildman–Crippen MR) is 106 cm³/mol. The molecule has 0 spiro atoms. The maximum absolute atomic E-state index is 12.5. The molecule has 0 radical (unpaired) electrons. The van der Waals surface area contributed by atoms with Crippen LogP contribution >= 0.6 is 23.4 Å². The van der Waals surface area contributed by atoms with Crippen molar-refractivity contribution in [3.63, 3.8) is 0 Å². The minimum atomic E-state index is -3.55. The second-order valence-corrected chi connectivity index (χ2v) is 10.3. The lowest BCUT2D eigenvalue weighted by Crippen LogP contribution is -2.50. The quantitative estimate of drug-likeness (QED) is 0.719. The summed E-state index contributed by atoms with van der Waals surface area (Å²) >= 11 is 7.86. The number of anilines is 1. The van der Waals surface area contributed by atoms with Crippen LogP contribution in [0.3, 0.4) is 0 Å². The zero-order valence-corrected chi connectivity index (χ0v) is 17.0. The number of carbonyl (C=O) groups excluding carboxylic acids is 1. The van der Waals surface area contributed by atoms with Gasteiger partial charge in [0.1, 0.15) is 5.75 Å². The first-order valence-electron chi connectivity index (χ1n) is 8.68. The topological polar surface area (TPSA) is 75.7 Å². The van der Waals surface area contributed by atoms with E-state index in [0.717, 1.165) is 12.0 Å². The van der Waals surface area contributed by atoms with Gasteiger partial charge in [0.05, 0.1) is 18.5 Å². The molecule has 9 heteroatoms. The number of sulfonamides is 1. The third kappa shape index (κ3) is 4.78. The van der Waals surface area contributed by atoms with Crippen LogP contribution in [0.1, 0.15) is 25.7 Å². The summed E-state index contributed by atoms with van der Waals surface area (Å²) in [7, 11) is -3.55. The Morgan fingerprint density at radius 1 is 1.38 bits per heavy atom.